The smallest absolute Gasteiger partial charge is 0.255 e. The van der Waals surface area contributed by atoms with Gasteiger partial charge in [-0.1, -0.05) is 22.9 Å². The normalized spacial score (nSPS) is 11.0. The minimum Gasteiger partial charge on any atom is -0.395 e. The summed E-state index contributed by atoms with van der Waals surface area (Å²) in [6.45, 7) is 0.377. The number of rotatable bonds is 9. The molecule has 170 valence electrons. The minimum atomic E-state index is -0.138. The molecule has 4 aromatic rings. The molecular weight excluding hydrogens is 462 g/mol. The Morgan fingerprint density at radius 2 is 2.06 bits per heavy atom. The molecule has 0 aliphatic rings. The number of ketones is 1. The number of aliphatic hydroxyl groups is 1. The van der Waals surface area contributed by atoms with Crippen LogP contribution in [0.15, 0.2) is 65.7 Å². The molecule has 0 aliphatic carbocycles. The second-order valence-corrected chi connectivity index (χ2v) is 9.12. The molecule has 0 amide bonds. The van der Waals surface area contributed by atoms with Crippen molar-refractivity contribution in [1.82, 2.24) is 19.6 Å². The number of anilines is 1. The Morgan fingerprint density at radius 1 is 1.21 bits per heavy atom. The summed E-state index contributed by atoms with van der Waals surface area (Å²) in [6, 6.07) is 14.0. The SMILES string of the molecule is CN(CCO)c1cc(-n2ccccc2=O)ccc1-n1cc(CCC(=O)c2ccc(Cl)s2)nn1. The molecule has 0 saturated carbocycles. The summed E-state index contributed by atoms with van der Waals surface area (Å²) in [7, 11) is 1.86. The highest BCUT2D eigenvalue weighted by Crippen LogP contribution is 2.27. The van der Waals surface area contributed by atoms with E-state index in [0.29, 0.717) is 40.0 Å². The lowest BCUT2D eigenvalue weighted by Gasteiger charge is -2.22. The molecular formula is C23H22ClN5O3S. The van der Waals surface area contributed by atoms with E-state index in [0.717, 1.165) is 11.4 Å². The standard InChI is InChI=1S/C23H22ClN5O3S/c1-27(12-13-30)19-14-17(28-11-3-2-4-23(28)32)6-7-18(19)29-15-16(25-26-29)5-8-20(31)21-9-10-22(24)33-21/h2-4,6-7,9-11,14-15,30H,5,8,12-13H2,1H3. The highest BCUT2D eigenvalue weighted by Gasteiger charge is 2.15. The van der Waals surface area contributed by atoms with Gasteiger partial charge in [-0.15, -0.1) is 16.4 Å². The molecule has 4 rings (SSSR count). The van der Waals surface area contributed by atoms with Crippen LogP contribution in [0.5, 0.6) is 0 Å². The van der Waals surface area contributed by atoms with E-state index in [9.17, 15) is 14.7 Å². The maximum absolute atomic E-state index is 12.4. The quantitative estimate of drug-likeness (QED) is 0.367. The van der Waals surface area contributed by atoms with Crippen molar-refractivity contribution in [1.29, 1.82) is 0 Å². The van der Waals surface area contributed by atoms with E-state index >= 15 is 0 Å². The number of pyridine rings is 1. The zero-order chi connectivity index (χ0) is 23.4. The molecule has 0 fully saturated rings. The molecule has 0 spiro atoms. The largest absolute Gasteiger partial charge is 0.395 e. The van der Waals surface area contributed by atoms with Gasteiger partial charge in [0.1, 0.15) is 0 Å². The Labute approximate surface area is 199 Å². The third kappa shape index (κ3) is 5.22. The molecule has 3 heterocycles. The number of hydrogen-bond acceptors (Lipinski definition) is 7. The molecule has 1 aromatic carbocycles. The predicted octanol–water partition coefficient (Wildman–Crippen LogP) is 3.38. The second-order valence-electron chi connectivity index (χ2n) is 7.41. The van der Waals surface area contributed by atoms with Crippen LogP contribution < -0.4 is 10.5 Å². The first kappa shape index (κ1) is 22.9. The molecule has 0 aliphatic heterocycles. The molecule has 10 heteroatoms. The van der Waals surface area contributed by atoms with Gasteiger partial charge in [0.2, 0.25) is 0 Å². The number of aromatic nitrogens is 4. The number of hydrogen-bond donors (Lipinski definition) is 1. The average molecular weight is 484 g/mol. The molecule has 0 atom stereocenters. The number of benzene rings is 1. The van der Waals surface area contributed by atoms with Crippen LogP contribution >= 0.6 is 22.9 Å². The van der Waals surface area contributed by atoms with Gasteiger partial charge in [0.05, 0.1) is 44.8 Å². The molecule has 1 N–H and O–H groups in total. The number of likely N-dealkylation sites (N-methyl/N-ethyl adjacent to an activating group) is 1. The molecule has 0 radical (unpaired) electrons. The number of aryl methyl sites for hydroxylation is 1. The van der Waals surface area contributed by atoms with Crippen LogP contribution in [0.4, 0.5) is 5.69 Å². The first-order chi connectivity index (χ1) is 16.0. The third-order valence-corrected chi connectivity index (χ3v) is 6.42. The van der Waals surface area contributed by atoms with Crippen LogP contribution in [-0.2, 0) is 6.42 Å². The zero-order valence-electron chi connectivity index (χ0n) is 17.9. The van der Waals surface area contributed by atoms with Gasteiger partial charge in [-0.25, -0.2) is 4.68 Å². The van der Waals surface area contributed by atoms with Crippen LogP contribution in [0.1, 0.15) is 21.8 Å². The number of aliphatic hydroxyl groups excluding tert-OH is 1. The Bertz CT molecular complexity index is 1330. The van der Waals surface area contributed by atoms with Gasteiger partial charge in [-0.05, 0) is 36.4 Å². The van der Waals surface area contributed by atoms with Crippen molar-refractivity contribution in [3.05, 3.63) is 86.2 Å². The van der Waals surface area contributed by atoms with Crippen molar-refractivity contribution in [3.8, 4) is 11.4 Å². The fourth-order valence-corrected chi connectivity index (χ4v) is 4.44. The number of carbonyl (C=O) groups excluding carboxylic acids is 1. The predicted molar refractivity (Wildman–Crippen MR) is 129 cm³/mol. The lowest BCUT2D eigenvalue weighted by atomic mass is 10.1. The summed E-state index contributed by atoms with van der Waals surface area (Å²) >= 11 is 7.18. The van der Waals surface area contributed by atoms with E-state index in [-0.39, 0.29) is 17.9 Å². The molecule has 33 heavy (non-hydrogen) atoms. The van der Waals surface area contributed by atoms with Gasteiger partial charge >= 0.3 is 0 Å². The summed E-state index contributed by atoms with van der Waals surface area (Å²) < 4.78 is 3.78. The van der Waals surface area contributed by atoms with E-state index < -0.39 is 0 Å². The van der Waals surface area contributed by atoms with Crippen molar-refractivity contribution in [2.45, 2.75) is 12.8 Å². The second kappa shape index (κ2) is 10.1. The van der Waals surface area contributed by atoms with Crippen molar-refractivity contribution in [2.24, 2.45) is 0 Å². The average Bonchev–Trinajstić information content (AvgIpc) is 3.47. The summed E-state index contributed by atoms with van der Waals surface area (Å²) in [6.07, 6.45) is 4.25. The zero-order valence-corrected chi connectivity index (χ0v) is 19.5. The van der Waals surface area contributed by atoms with Crippen LogP contribution in [0.2, 0.25) is 4.34 Å². The molecule has 0 unspecified atom stereocenters. The molecule has 8 nitrogen and oxygen atoms in total. The fraction of sp³-hybridized carbons (Fsp3) is 0.217. The summed E-state index contributed by atoms with van der Waals surface area (Å²) in [4.78, 5) is 27.1. The van der Waals surface area contributed by atoms with Gasteiger partial charge in [0, 0.05) is 38.7 Å². The van der Waals surface area contributed by atoms with Gasteiger partial charge in [-0.3, -0.25) is 14.2 Å². The number of carbonyl (C=O) groups is 1. The monoisotopic (exact) mass is 483 g/mol. The first-order valence-electron chi connectivity index (χ1n) is 10.3. The summed E-state index contributed by atoms with van der Waals surface area (Å²) in [5.74, 6) is 0.0162. The van der Waals surface area contributed by atoms with Crippen molar-refractivity contribution in [2.75, 3.05) is 25.1 Å². The Morgan fingerprint density at radius 3 is 2.79 bits per heavy atom. The Balaban J connectivity index is 1.60. The van der Waals surface area contributed by atoms with Crippen LogP contribution in [0.3, 0.4) is 0 Å². The van der Waals surface area contributed by atoms with E-state index in [2.05, 4.69) is 10.3 Å². The van der Waals surface area contributed by atoms with Crippen molar-refractivity contribution < 1.29 is 9.90 Å². The molecule has 0 saturated heterocycles. The van der Waals surface area contributed by atoms with Crippen LogP contribution in [-0.4, -0.2) is 50.7 Å². The van der Waals surface area contributed by atoms with Crippen molar-refractivity contribution in [3.63, 3.8) is 0 Å². The van der Waals surface area contributed by atoms with E-state index in [1.165, 1.54) is 17.4 Å². The number of Topliss-reactive ketones (excluding diaryl/α,β-unsaturated/α-hetero) is 1. The minimum absolute atomic E-state index is 0.0162. The Kier molecular flexibility index (Phi) is 7.02. The van der Waals surface area contributed by atoms with Crippen LogP contribution in [0.25, 0.3) is 11.4 Å². The van der Waals surface area contributed by atoms with E-state index in [1.54, 1.807) is 45.9 Å². The topological polar surface area (TPSA) is 93.2 Å². The third-order valence-electron chi connectivity index (χ3n) is 5.15. The van der Waals surface area contributed by atoms with Gasteiger partial charge in [0.15, 0.2) is 5.78 Å². The number of halogens is 1. The van der Waals surface area contributed by atoms with Crippen LogP contribution in [0, 0.1) is 0 Å². The van der Waals surface area contributed by atoms with E-state index in [1.807, 2.05) is 30.1 Å². The van der Waals surface area contributed by atoms with Gasteiger partial charge < -0.3 is 10.0 Å². The number of thiophene rings is 1. The van der Waals surface area contributed by atoms with E-state index in [4.69, 9.17) is 11.6 Å². The first-order valence-corrected chi connectivity index (χ1v) is 11.5. The lowest BCUT2D eigenvalue weighted by molar-refractivity contribution is 0.0986. The molecule has 0 bridgehead atoms. The van der Waals surface area contributed by atoms with Gasteiger partial charge in [0.25, 0.3) is 5.56 Å². The van der Waals surface area contributed by atoms with Crippen molar-refractivity contribution >= 4 is 34.4 Å². The molecule has 3 aromatic heterocycles. The maximum atomic E-state index is 12.4. The Hall–Kier alpha value is -3.27. The summed E-state index contributed by atoms with van der Waals surface area (Å²) in [5, 5.41) is 17.9. The summed E-state index contributed by atoms with van der Waals surface area (Å²) in [5.41, 5.74) is 2.77. The van der Waals surface area contributed by atoms with Gasteiger partial charge in [-0.2, -0.15) is 0 Å². The number of nitrogens with zero attached hydrogens (tertiary/aromatic N) is 5. The maximum Gasteiger partial charge on any atom is 0.255 e. The lowest BCUT2D eigenvalue weighted by Crippen LogP contribution is -2.23. The highest BCUT2D eigenvalue weighted by atomic mass is 35.5. The fourth-order valence-electron chi connectivity index (χ4n) is 3.43. The highest BCUT2D eigenvalue weighted by molar-refractivity contribution is 7.18.